The van der Waals surface area contributed by atoms with Gasteiger partial charge in [0.1, 0.15) is 6.04 Å². The molecule has 4 nitrogen and oxygen atoms in total. The molecule has 0 saturated carbocycles. The lowest BCUT2D eigenvalue weighted by Crippen LogP contribution is -2.59. The van der Waals surface area contributed by atoms with Crippen LogP contribution in [0.2, 0.25) is 0 Å². The quantitative estimate of drug-likeness (QED) is 0.590. The van der Waals surface area contributed by atoms with Crippen LogP contribution in [0.15, 0.2) is 0 Å². The molecule has 1 aliphatic heterocycles. The Morgan fingerprint density at radius 2 is 2.25 bits per heavy atom. The van der Waals surface area contributed by atoms with E-state index < -0.39 is 22.8 Å². The third-order valence-electron chi connectivity index (χ3n) is 1.74. The van der Waals surface area contributed by atoms with Crippen LogP contribution in [-0.2, 0) is 15.6 Å². The summed E-state index contributed by atoms with van der Waals surface area (Å²) in [5, 5.41) is 11.6. The lowest BCUT2D eigenvalue weighted by atomic mass is 10.1. The second kappa shape index (κ2) is 3.14. The van der Waals surface area contributed by atoms with Crippen LogP contribution < -0.4 is 5.32 Å². The Labute approximate surface area is 73.8 Å². The van der Waals surface area contributed by atoms with Gasteiger partial charge < -0.3 is 5.11 Å². The molecule has 0 spiro atoms. The van der Waals surface area contributed by atoms with Crippen molar-refractivity contribution in [3.05, 3.63) is 0 Å². The molecular formula is C7H13NO3S. The minimum absolute atomic E-state index is 0.221. The van der Waals surface area contributed by atoms with E-state index in [0.29, 0.717) is 5.75 Å². The molecule has 1 saturated heterocycles. The van der Waals surface area contributed by atoms with Crippen molar-refractivity contribution in [3.8, 4) is 0 Å². The van der Waals surface area contributed by atoms with Gasteiger partial charge in [0.2, 0.25) is 0 Å². The molecular weight excluding hydrogens is 178 g/mol. The minimum Gasteiger partial charge on any atom is -0.480 e. The summed E-state index contributed by atoms with van der Waals surface area (Å²) in [5.74, 6) is -0.175. The van der Waals surface area contributed by atoms with Gasteiger partial charge in [0.25, 0.3) is 0 Å². The predicted molar refractivity (Wildman–Crippen MR) is 46.5 cm³/mol. The largest absolute Gasteiger partial charge is 0.480 e. The number of carboxylic acid groups (broad SMARTS) is 1. The fraction of sp³-hybridized carbons (Fsp3) is 0.857. The second-order valence-electron chi connectivity index (χ2n) is 3.67. The van der Waals surface area contributed by atoms with E-state index in [4.69, 9.17) is 5.11 Å². The number of aliphatic carboxylic acids is 1. The standard InChI is InChI=1S/C7H13NO3S/c1-7(2)4-12(11)3-5(8-7)6(9)10/h5,8H,3-4H2,1-2H3,(H,9,10). The number of carboxylic acids is 1. The third-order valence-corrected chi connectivity index (χ3v) is 3.49. The Bertz CT molecular complexity index is 227. The van der Waals surface area contributed by atoms with Crippen molar-refractivity contribution in [1.82, 2.24) is 5.32 Å². The van der Waals surface area contributed by atoms with Gasteiger partial charge in [-0.1, -0.05) is 0 Å². The molecule has 1 heterocycles. The molecule has 1 aliphatic rings. The van der Waals surface area contributed by atoms with Crippen LogP contribution >= 0.6 is 0 Å². The highest BCUT2D eigenvalue weighted by molar-refractivity contribution is 7.85. The molecule has 0 aromatic rings. The van der Waals surface area contributed by atoms with Gasteiger partial charge in [0.15, 0.2) is 0 Å². The van der Waals surface area contributed by atoms with Crippen LogP contribution in [0.1, 0.15) is 13.8 Å². The van der Waals surface area contributed by atoms with Gasteiger partial charge in [-0.25, -0.2) is 0 Å². The van der Waals surface area contributed by atoms with Gasteiger partial charge in [0, 0.05) is 27.8 Å². The van der Waals surface area contributed by atoms with E-state index in [0.717, 1.165) is 0 Å². The zero-order chi connectivity index (χ0) is 9.35. The van der Waals surface area contributed by atoms with Gasteiger partial charge in [-0.05, 0) is 13.8 Å². The Morgan fingerprint density at radius 3 is 2.67 bits per heavy atom. The van der Waals surface area contributed by atoms with Crippen molar-refractivity contribution in [3.63, 3.8) is 0 Å². The Kier molecular flexibility index (Phi) is 2.53. The number of nitrogens with one attached hydrogen (secondary N) is 1. The van der Waals surface area contributed by atoms with Crippen molar-refractivity contribution in [1.29, 1.82) is 0 Å². The summed E-state index contributed by atoms with van der Waals surface area (Å²) in [5.41, 5.74) is -0.327. The van der Waals surface area contributed by atoms with Crippen LogP contribution in [0.4, 0.5) is 0 Å². The van der Waals surface area contributed by atoms with Gasteiger partial charge >= 0.3 is 5.97 Å². The molecule has 1 fully saturated rings. The summed E-state index contributed by atoms with van der Waals surface area (Å²) in [7, 11) is -1.00. The van der Waals surface area contributed by atoms with Crippen molar-refractivity contribution in [2.45, 2.75) is 25.4 Å². The third kappa shape index (κ3) is 2.28. The van der Waals surface area contributed by atoms with E-state index in [9.17, 15) is 9.00 Å². The molecule has 2 N–H and O–H groups in total. The van der Waals surface area contributed by atoms with Gasteiger partial charge in [-0.3, -0.25) is 14.3 Å². The maximum atomic E-state index is 11.2. The zero-order valence-corrected chi connectivity index (χ0v) is 7.98. The second-order valence-corrected chi connectivity index (χ2v) is 5.17. The first-order valence-corrected chi connectivity index (χ1v) is 5.25. The first kappa shape index (κ1) is 9.67. The summed E-state index contributed by atoms with van der Waals surface area (Å²) >= 11 is 0. The maximum absolute atomic E-state index is 11.2. The molecule has 70 valence electrons. The Hall–Kier alpha value is -0.420. The van der Waals surface area contributed by atoms with Crippen LogP contribution in [0.5, 0.6) is 0 Å². The van der Waals surface area contributed by atoms with E-state index >= 15 is 0 Å². The molecule has 0 aromatic carbocycles. The predicted octanol–water partition coefficient (Wildman–Crippen LogP) is -0.430. The summed E-state index contributed by atoms with van der Waals surface area (Å²) in [6.07, 6.45) is 0. The minimum atomic E-state index is -1.00. The molecule has 2 unspecified atom stereocenters. The SMILES string of the molecule is CC1(C)CS(=O)CC(C(=O)O)N1. The number of carbonyl (C=O) groups is 1. The fourth-order valence-electron chi connectivity index (χ4n) is 1.34. The molecule has 1 rings (SSSR count). The summed E-state index contributed by atoms with van der Waals surface area (Å²) in [6, 6.07) is -0.658. The number of hydrogen-bond acceptors (Lipinski definition) is 3. The van der Waals surface area contributed by atoms with Crippen molar-refractivity contribution in [2.75, 3.05) is 11.5 Å². The molecule has 0 bridgehead atoms. The monoisotopic (exact) mass is 191 g/mol. The van der Waals surface area contributed by atoms with E-state index in [1.807, 2.05) is 13.8 Å². The fourth-order valence-corrected chi connectivity index (χ4v) is 2.94. The average Bonchev–Trinajstić information content (AvgIpc) is 1.82. The first-order chi connectivity index (χ1) is 5.41. The molecule has 0 radical (unpaired) electrons. The Balaban J connectivity index is 2.70. The highest BCUT2D eigenvalue weighted by atomic mass is 32.2. The van der Waals surface area contributed by atoms with E-state index in [-0.39, 0.29) is 11.3 Å². The zero-order valence-electron chi connectivity index (χ0n) is 7.16. The molecule has 2 atom stereocenters. The van der Waals surface area contributed by atoms with Crippen LogP contribution in [0.3, 0.4) is 0 Å². The highest BCUT2D eigenvalue weighted by Gasteiger charge is 2.34. The lowest BCUT2D eigenvalue weighted by molar-refractivity contribution is -0.139. The Morgan fingerprint density at radius 1 is 1.67 bits per heavy atom. The van der Waals surface area contributed by atoms with Crippen molar-refractivity contribution in [2.24, 2.45) is 0 Å². The summed E-state index contributed by atoms with van der Waals surface area (Å²) < 4.78 is 11.2. The summed E-state index contributed by atoms with van der Waals surface area (Å²) in [6.45, 7) is 3.72. The van der Waals surface area contributed by atoms with E-state index in [1.54, 1.807) is 0 Å². The highest BCUT2D eigenvalue weighted by Crippen LogP contribution is 2.13. The van der Waals surface area contributed by atoms with E-state index in [2.05, 4.69) is 5.32 Å². The van der Waals surface area contributed by atoms with Crippen molar-refractivity contribution >= 4 is 16.8 Å². The smallest absolute Gasteiger partial charge is 0.321 e. The van der Waals surface area contributed by atoms with E-state index in [1.165, 1.54) is 0 Å². The van der Waals surface area contributed by atoms with Crippen LogP contribution in [0.25, 0.3) is 0 Å². The van der Waals surface area contributed by atoms with Crippen LogP contribution in [0, 0.1) is 0 Å². The van der Waals surface area contributed by atoms with Crippen molar-refractivity contribution < 1.29 is 14.1 Å². The average molecular weight is 191 g/mol. The molecule has 0 amide bonds. The summed E-state index contributed by atoms with van der Waals surface area (Å²) in [4.78, 5) is 10.6. The number of rotatable bonds is 1. The number of hydrogen-bond donors (Lipinski definition) is 2. The molecule has 5 heteroatoms. The van der Waals surface area contributed by atoms with Gasteiger partial charge in [-0.2, -0.15) is 0 Å². The lowest BCUT2D eigenvalue weighted by Gasteiger charge is -2.34. The molecule has 0 aliphatic carbocycles. The topological polar surface area (TPSA) is 66.4 Å². The molecule has 12 heavy (non-hydrogen) atoms. The van der Waals surface area contributed by atoms with Crippen LogP contribution in [-0.4, -0.2) is 38.4 Å². The van der Waals surface area contributed by atoms with Gasteiger partial charge in [-0.15, -0.1) is 0 Å². The molecule has 0 aromatic heterocycles. The van der Waals surface area contributed by atoms with Gasteiger partial charge in [0.05, 0.1) is 0 Å². The normalized spacial score (nSPS) is 34.5. The maximum Gasteiger partial charge on any atom is 0.321 e. The first-order valence-electron chi connectivity index (χ1n) is 3.76.